The summed E-state index contributed by atoms with van der Waals surface area (Å²) in [6.45, 7) is 13.5. The second-order valence-corrected chi connectivity index (χ2v) is 13.3. The molecule has 6 heteroatoms. The molecule has 5 nitrogen and oxygen atoms in total. The van der Waals surface area contributed by atoms with Gasteiger partial charge in [0.25, 0.3) is 5.91 Å². The number of fused-ring (bicyclic) bond motifs is 1. The normalized spacial score (nSPS) is 25.0. The Kier molecular flexibility index (Phi) is 4.05. The Morgan fingerprint density at radius 1 is 1.43 bits per heavy atom. The molecule has 2 rings (SSSR count). The summed E-state index contributed by atoms with van der Waals surface area (Å²) in [5.74, 6) is -0.211. The number of hydrogen-bond donors (Lipinski definition) is 0. The molecule has 2 heterocycles. The molecule has 1 fully saturated rings. The van der Waals surface area contributed by atoms with Crippen LogP contribution in [0.1, 0.15) is 20.8 Å². The Labute approximate surface area is 127 Å². The molecule has 1 unspecified atom stereocenters. The number of carbonyl (C=O) groups is 2. The summed E-state index contributed by atoms with van der Waals surface area (Å²) >= 11 is 0. The van der Waals surface area contributed by atoms with Crippen molar-refractivity contribution in [3.63, 3.8) is 0 Å². The molecule has 0 spiro atoms. The summed E-state index contributed by atoms with van der Waals surface area (Å²) in [6.07, 6.45) is 1.93. The van der Waals surface area contributed by atoms with Gasteiger partial charge in [-0.25, -0.2) is 4.79 Å². The number of hydrazine groups is 1. The van der Waals surface area contributed by atoms with Crippen molar-refractivity contribution in [3.05, 3.63) is 11.6 Å². The predicted octanol–water partition coefficient (Wildman–Crippen LogP) is 2.03. The van der Waals surface area contributed by atoms with Crippen LogP contribution in [0.4, 0.5) is 0 Å². The van der Waals surface area contributed by atoms with Crippen LogP contribution in [0.15, 0.2) is 11.6 Å². The molecule has 1 atom stereocenters. The highest BCUT2D eigenvalue weighted by atomic mass is 28.3. The van der Waals surface area contributed by atoms with Crippen LogP contribution >= 0.6 is 0 Å². The van der Waals surface area contributed by atoms with Crippen LogP contribution in [-0.2, 0) is 14.3 Å². The molecule has 1 saturated heterocycles. The molecule has 118 valence electrons. The third-order valence-electron chi connectivity index (χ3n) is 4.02. The zero-order valence-corrected chi connectivity index (χ0v) is 14.9. The van der Waals surface area contributed by atoms with Gasteiger partial charge >= 0.3 is 5.97 Å². The van der Waals surface area contributed by atoms with Crippen LogP contribution < -0.4 is 0 Å². The zero-order chi connectivity index (χ0) is 16.0. The van der Waals surface area contributed by atoms with Crippen LogP contribution in [0.5, 0.6) is 0 Å². The summed E-state index contributed by atoms with van der Waals surface area (Å²) in [4.78, 5) is 24.1. The smallest absolute Gasteiger partial charge is 0.335 e. The van der Waals surface area contributed by atoms with E-state index >= 15 is 0 Å². The highest BCUT2D eigenvalue weighted by Crippen LogP contribution is 2.36. The van der Waals surface area contributed by atoms with Crippen LogP contribution in [0.25, 0.3) is 0 Å². The van der Waals surface area contributed by atoms with E-state index < -0.39 is 8.07 Å². The lowest BCUT2D eigenvalue weighted by Gasteiger charge is -2.57. The van der Waals surface area contributed by atoms with Gasteiger partial charge in [-0.2, -0.15) is 5.01 Å². The van der Waals surface area contributed by atoms with Gasteiger partial charge in [0.15, 0.2) is 0 Å². The molecule has 0 radical (unpaired) electrons. The fraction of sp³-hybridized carbons (Fsp3) is 0.733. The minimum Gasteiger partial charge on any atom is -0.463 e. The topological polar surface area (TPSA) is 49.9 Å². The molecular formula is C15H26N2O3Si. The van der Waals surface area contributed by atoms with E-state index in [-0.39, 0.29) is 23.5 Å². The second-order valence-electron chi connectivity index (χ2n) is 7.69. The van der Waals surface area contributed by atoms with Crippen molar-refractivity contribution in [2.45, 2.75) is 58.0 Å². The lowest BCUT2D eigenvalue weighted by atomic mass is 9.92. The Hall–Kier alpha value is -1.14. The molecule has 0 N–H and O–H groups in total. The van der Waals surface area contributed by atoms with Gasteiger partial charge in [0.2, 0.25) is 0 Å². The first-order valence-corrected chi connectivity index (χ1v) is 11.2. The number of amides is 1. The van der Waals surface area contributed by atoms with E-state index in [4.69, 9.17) is 4.74 Å². The van der Waals surface area contributed by atoms with E-state index in [9.17, 15) is 9.59 Å². The van der Waals surface area contributed by atoms with Gasteiger partial charge in [-0.1, -0.05) is 25.7 Å². The lowest BCUT2D eigenvalue weighted by Crippen LogP contribution is -2.75. The van der Waals surface area contributed by atoms with Crippen LogP contribution in [0, 0.1) is 0 Å². The van der Waals surface area contributed by atoms with Crippen LogP contribution in [0.2, 0.25) is 25.7 Å². The van der Waals surface area contributed by atoms with Gasteiger partial charge in [-0.15, -0.1) is 0 Å². The van der Waals surface area contributed by atoms with Crippen LogP contribution in [-0.4, -0.2) is 54.7 Å². The molecule has 0 aliphatic carbocycles. The van der Waals surface area contributed by atoms with E-state index in [0.29, 0.717) is 18.7 Å². The summed E-state index contributed by atoms with van der Waals surface area (Å²) in [5.41, 5.74) is 0.255. The van der Waals surface area contributed by atoms with Crippen molar-refractivity contribution in [2.24, 2.45) is 0 Å². The highest BCUT2D eigenvalue weighted by molar-refractivity contribution is 6.76. The van der Waals surface area contributed by atoms with E-state index in [1.54, 1.807) is 5.01 Å². The molecule has 0 aromatic heterocycles. The second kappa shape index (κ2) is 5.25. The van der Waals surface area contributed by atoms with Crippen molar-refractivity contribution in [3.8, 4) is 0 Å². The van der Waals surface area contributed by atoms with Gasteiger partial charge in [-0.05, 0) is 26.8 Å². The average molecular weight is 310 g/mol. The van der Waals surface area contributed by atoms with Crippen molar-refractivity contribution >= 4 is 20.0 Å². The third kappa shape index (κ3) is 3.21. The number of carbonyl (C=O) groups excluding carboxylic acids is 2. The summed E-state index contributed by atoms with van der Waals surface area (Å²) in [7, 11) is -1.20. The number of hydrogen-bond acceptors (Lipinski definition) is 4. The van der Waals surface area contributed by atoms with Gasteiger partial charge in [-0.3, -0.25) is 9.80 Å². The predicted molar refractivity (Wildman–Crippen MR) is 84.3 cm³/mol. The number of ether oxygens (including phenoxy) is 1. The summed E-state index contributed by atoms with van der Waals surface area (Å²) in [5, 5.41) is 3.67. The fourth-order valence-electron chi connectivity index (χ4n) is 2.91. The van der Waals surface area contributed by atoms with Gasteiger partial charge < -0.3 is 4.74 Å². The quantitative estimate of drug-likeness (QED) is 0.589. The number of esters is 1. The van der Waals surface area contributed by atoms with E-state index in [0.717, 1.165) is 6.04 Å². The van der Waals surface area contributed by atoms with Gasteiger partial charge in [0.05, 0.1) is 24.3 Å². The van der Waals surface area contributed by atoms with Crippen molar-refractivity contribution in [2.75, 3.05) is 13.2 Å². The first kappa shape index (κ1) is 16.2. The molecule has 0 aromatic carbocycles. The first-order chi connectivity index (χ1) is 9.53. The first-order valence-electron chi connectivity index (χ1n) is 7.52. The maximum absolute atomic E-state index is 12.2. The lowest BCUT2D eigenvalue weighted by molar-refractivity contribution is -0.211. The Morgan fingerprint density at radius 3 is 2.62 bits per heavy atom. The minimum atomic E-state index is -1.20. The Morgan fingerprint density at radius 2 is 2.05 bits per heavy atom. The molecule has 21 heavy (non-hydrogen) atoms. The Balaban J connectivity index is 2.02. The fourth-order valence-corrected chi connectivity index (χ4v) is 3.62. The number of nitrogens with zero attached hydrogens (tertiary/aromatic N) is 2. The third-order valence-corrected chi connectivity index (χ3v) is 5.73. The Bertz CT molecular complexity index is 494. The molecule has 0 saturated carbocycles. The zero-order valence-electron chi connectivity index (χ0n) is 13.9. The van der Waals surface area contributed by atoms with Crippen molar-refractivity contribution in [1.29, 1.82) is 0 Å². The SMILES string of the molecule is CC1C(=O)N2CC(C(=O)OCC[Si](C)(C)C)=CC(C)(C)N12. The summed E-state index contributed by atoms with van der Waals surface area (Å²) < 4.78 is 5.39. The summed E-state index contributed by atoms with van der Waals surface area (Å²) in [6, 6.07) is 0.849. The molecule has 2 aliphatic heterocycles. The van der Waals surface area contributed by atoms with E-state index in [1.165, 1.54) is 0 Å². The largest absolute Gasteiger partial charge is 0.463 e. The van der Waals surface area contributed by atoms with Gasteiger partial charge in [0.1, 0.15) is 6.04 Å². The minimum absolute atomic E-state index is 0.0728. The molecule has 1 amide bonds. The number of rotatable bonds is 4. The average Bonchev–Trinajstić information content (AvgIpc) is 2.34. The maximum Gasteiger partial charge on any atom is 0.335 e. The monoisotopic (exact) mass is 310 g/mol. The maximum atomic E-state index is 12.2. The highest BCUT2D eigenvalue weighted by Gasteiger charge is 2.52. The van der Waals surface area contributed by atoms with Crippen LogP contribution in [0.3, 0.4) is 0 Å². The standard InChI is InChI=1S/C15H26N2O3Si/c1-11-13(18)16-10-12(9-15(2,3)17(11)16)14(19)20-7-8-21(4,5)6/h9,11H,7-8,10H2,1-6H3. The van der Waals surface area contributed by atoms with Crippen molar-refractivity contribution in [1.82, 2.24) is 10.0 Å². The van der Waals surface area contributed by atoms with Crippen molar-refractivity contribution < 1.29 is 14.3 Å². The molecule has 0 bridgehead atoms. The van der Waals surface area contributed by atoms with E-state index in [2.05, 4.69) is 19.6 Å². The molecule has 2 aliphatic rings. The molecular weight excluding hydrogens is 284 g/mol. The van der Waals surface area contributed by atoms with E-state index in [1.807, 2.05) is 31.9 Å². The van der Waals surface area contributed by atoms with Gasteiger partial charge in [0, 0.05) is 8.07 Å². The molecule has 0 aromatic rings.